The molecule has 1 saturated heterocycles. The average molecular weight is 427 g/mol. The van der Waals surface area contributed by atoms with E-state index in [0.29, 0.717) is 31.7 Å². The topological polar surface area (TPSA) is 89.2 Å². The lowest BCUT2D eigenvalue weighted by atomic mass is 9.92. The van der Waals surface area contributed by atoms with E-state index in [1.54, 1.807) is 12.3 Å². The first-order valence-corrected chi connectivity index (χ1v) is 11.2. The SMILES string of the molecule is Cc1cc(-c2ccc(N)nc2)cc(C2CCN(S(=O)(=O)c3ccc(F)cc3)CC2)n1. The molecule has 2 N–H and O–H groups in total. The van der Waals surface area contributed by atoms with Crippen molar-refractivity contribution >= 4 is 15.8 Å². The first-order valence-electron chi connectivity index (χ1n) is 9.79. The number of nitrogens with zero attached hydrogens (tertiary/aromatic N) is 3. The molecule has 0 amide bonds. The van der Waals surface area contributed by atoms with Crippen molar-refractivity contribution in [1.29, 1.82) is 0 Å². The Hall–Kier alpha value is -2.84. The lowest BCUT2D eigenvalue weighted by Gasteiger charge is -2.31. The van der Waals surface area contributed by atoms with Gasteiger partial charge in [0.05, 0.1) is 4.90 Å². The van der Waals surface area contributed by atoms with Gasteiger partial charge in [0.15, 0.2) is 0 Å². The fraction of sp³-hybridized carbons (Fsp3) is 0.273. The number of pyridine rings is 2. The first kappa shape index (κ1) is 20.4. The molecule has 3 heterocycles. The molecule has 0 atom stereocenters. The highest BCUT2D eigenvalue weighted by Gasteiger charge is 2.30. The Bertz CT molecular complexity index is 1140. The summed E-state index contributed by atoms with van der Waals surface area (Å²) in [7, 11) is -3.62. The van der Waals surface area contributed by atoms with Crippen molar-refractivity contribution in [2.75, 3.05) is 18.8 Å². The molecule has 30 heavy (non-hydrogen) atoms. The van der Waals surface area contributed by atoms with Gasteiger partial charge in [-0.1, -0.05) is 0 Å². The van der Waals surface area contributed by atoms with Crippen molar-refractivity contribution in [3.8, 4) is 11.1 Å². The van der Waals surface area contributed by atoms with Gasteiger partial charge in [-0.25, -0.2) is 17.8 Å². The molecule has 0 spiro atoms. The largest absolute Gasteiger partial charge is 0.384 e. The maximum absolute atomic E-state index is 13.1. The Labute approximate surface area is 175 Å². The molecule has 6 nitrogen and oxygen atoms in total. The summed E-state index contributed by atoms with van der Waals surface area (Å²) in [5.41, 5.74) is 9.53. The lowest BCUT2D eigenvalue weighted by molar-refractivity contribution is 0.316. The Kier molecular flexibility index (Phi) is 5.53. The van der Waals surface area contributed by atoms with Gasteiger partial charge in [0.1, 0.15) is 11.6 Å². The Morgan fingerprint density at radius 3 is 2.37 bits per heavy atom. The van der Waals surface area contributed by atoms with Crippen molar-refractivity contribution in [3.05, 3.63) is 71.9 Å². The molecule has 0 unspecified atom stereocenters. The fourth-order valence-electron chi connectivity index (χ4n) is 3.79. The zero-order chi connectivity index (χ0) is 21.3. The van der Waals surface area contributed by atoms with Crippen LogP contribution in [-0.4, -0.2) is 35.8 Å². The number of hydrogen-bond donors (Lipinski definition) is 1. The van der Waals surface area contributed by atoms with E-state index in [2.05, 4.69) is 11.1 Å². The fourth-order valence-corrected chi connectivity index (χ4v) is 5.26. The number of nitrogens with two attached hydrogens (primary N) is 1. The maximum atomic E-state index is 13.1. The third kappa shape index (κ3) is 4.20. The molecule has 0 radical (unpaired) electrons. The molecule has 1 aliphatic rings. The number of piperidine rings is 1. The number of nitrogen functional groups attached to an aromatic ring is 1. The molecular formula is C22H23FN4O2S. The van der Waals surface area contributed by atoms with Crippen LogP contribution in [0.3, 0.4) is 0 Å². The summed E-state index contributed by atoms with van der Waals surface area (Å²) in [6.45, 7) is 2.75. The van der Waals surface area contributed by atoms with Gasteiger partial charge >= 0.3 is 0 Å². The van der Waals surface area contributed by atoms with Crippen LogP contribution in [0.1, 0.15) is 30.1 Å². The number of sulfonamides is 1. The minimum atomic E-state index is -3.62. The normalized spacial score (nSPS) is 15.9. The molecule has 1 aliphatic heterocycles. The van der Waals surface area contributed by atoms with Gasteiger partial charge in [0, 0.05) is 42.2 Å². The smallest absolute Gasteiger partial charge is 0.243 e. The van der Waals surface area contributed by atoms with Crippen molar-refractivity contribution in [1.82, 2.24) is 14.3 Å². The molecular weight excluding hydrogens is 403 g/mol. The molecule has 0 bridgehead atoms. The van der Waals surface area contributed by atoms with Gasteiger partial charge in [0.2, 0.25) is 10.0 Å². The van der Waals surface area contributed by atoms with E-state index in [4.69, 9.17) is 10.7 Å². The van der Waals surface area contributed by atoms with E-state index < -0.39 is 15.8 Å². The van der Waals surface area contributed by atoms with Crippen LogP contribution in [0.5, 0.6) is 0 Å². The monoisotopic (exact) mass is 426 g/mol. The quantitative estimate of drug-likeness (QED) is 0.686. The molecule has 8 heteroatoms. The molecule has 4 rings (SSSR count). The van der Waals surface area contributed by atoms with Crippen LogP contribution >= 0.6 is 0 Å². The summed E-state index contributed by atoms with van der Waals surface area (Å²) in [4.78, 5) is 8.98. The third-order valence-corrected chi connectivity index (χ3v) is 7.33. The van der Waals surface area contributed by atoms with Crippen LogP contribution in [0.4, 0.5) is 10.2 Å². The molecule has 0 saturated carbocycles. The third-order valence-electron chi connectivity index (χ3n) is 5.42. The van der Waals surface area contributed by atoms with Crippen LogP contribution in [0.2, 0.25) is 0 Å². The van der Waals surface area contributed by atoms with E-state index in [-0.39, 0.29) is 10.8 Å². The summed E-state index contributed by atoms with van der Waals surface area (Å²) >= 11 is 0. The van der Waals surface area contributed by atoms with Gasteiger partial charge < -0.3 is 5.73 Å². The van der Waals surface area contributed by atoms with Crippen LogP contribution in [0.15, 0.2) is 59.6 Å². The number of hydrogen-bond acceptors (Lipinski definition) is 5. The second-order valence-corrected chi connectivity index (χ2v) is 9.46. The molecule has 3 aromatic rings. The van der Waals surface area contributed by atoms with Gasteiger partial charge in [-0.2, -0.15) is 4.31 Å². The van der Waals surface area contributed by atoms with E-state index >= 15 is 0 Å². The Morgan fingerprint density at radius 1 is 1.03 bits per heavy atom. The summed E-state index contributed by atoms with van der Waals surface area (Å²) in [5.74, 6) is 0.190. The number of benzene rings is 1. The van der Waals surface area contributed by atoms with Crippen molar-refractivity contribution in [2.24, 2.45) is 0 Å². The minimum absolute atomic E-state index is 0.120. The number of anilines is 1. The molecule has 1 aromatic carbocycles. The molecule has 0 aliphatic carbocycles. The average Bonchev–Trinajstić information content (AvgIpc) is 2.74. The first-order chi connectivity index (χ1) is 14.3. The van der Waals surface area contributed by atoms with Gasteiger partial charge in [-0.15, -0.1) is 0 Å². The highest BCUT2D eigenvalue weighted by Crippen LogP contribution is 2.32. The number of rotatable bonds is 4. The number of aryl methyl sites for hydroxylation is 1. The predicted octanol–water partition coefficient (Wildman–Crippen LogP) is 3.74. The molecule has 1 fully saturated rings. The van der Waals surface area contributed by atoms with E-state index in [1.807, 2.05) is 19.1 Å². The number of aromatic nitrogens is 2. The van der Waals surface area contributed by atoms with Gasteiger partial charge in [0.25, 0.3) is 0 Å². The number of halogens is 1. The maximum Gasteiger partial charge on any atom is 0.243 e. The van der Waals surface area contributed by atoms with E-state index in [1.165, 1.54) is 28.6 Å². The van der Waals surface area contributed by atoms with Crippen molar-refractivity contribution in [3.63, 3.8) is 0 Å². The van der Waals surface area contributed by atoms with Crippen molar-refractivity contribution < 1.29 is 12.8 Å². The van der Waals surface area contributed by atoms with Crippen LogP contribution < -0.4 is 5.73 Å². The van der Waals surface area contributed by atoms with Crippen LogP contribution in [0.25, 0.3) is 11.1 Å². The summed E-state index contributed by atoms with van der Waals surface area (Å²) in [5, 5.41) is 0. The summed E-state index contributed by atoms with van der Waals surface area (Å²) < 4.78 is 40.3. The molecule has 2 aromatic heterocycles. The lowest BCUT2D eigenvalue weighted by Crippen LogP contribution is -2.38. The van der Waals surface area contributed by atoms with Crippen LogP contribution in [-0.2, 0) is 10.0 Å². The second kappa shape index (κ2) is 8.12. The minimum Gasteiger partial charge on any atom is -0.384 e. The van der Waals surface area contributed by atoms with E-state index in [0.717, 1.165) is 22.5 Å². The summed E-state index contributed by atoms with van der Waals surface area (Å²) in [6.07, 6.45) is 3.10. The van der Waals surface area contributed by atoms with Gasteiger partial charge in [-0.3, -0.25) is 4.98 Å². The predicted molar refractivity (Wildman–Crippen MR) is 114 cm³/mol. The van der Waals surface area contributed by atoms with Crippen LogP contribution in [0, 0.1) is 12.7 Å². The zero-order valence-corrected chi connectivity index (χ0v) is 17.4. The van der Waals surface area contributed by atoms with Crippen molar-refractivity contribution in [2.45, 2.75) is 30.6 Å². The standard InChI is InChI=1S/C22H23FN4O2S/c1-15-12-18(17-2-7-22(24)25-14-17)13-21(26-15)16-8-10-27(11-9-16)30(28,29)20-5-3-19(23)4-6-20/h2-7,12-14,16H,8-11H2,1H3,(H2,24,25). The van der Waals surface area contributed by atoms with E-state index in [9.17, 15) is 12.8 Å². The highest BCUT2D eigenvalue weighted by molar-refractivity contribution is 7.89. The van der Waals surface area contributed by atoms with Gasteiger partial charge in [-0.05, 0) is 73.9 Å². The highest BCUT2D eigenvalue weighted by atomic mass is 32.2. The summed E-state index contributed by atoms with van der Waals surface area (Å²) in [6, 6.07) is 12.7. The zero-order valence-electron chi connectivity index (χ0n) is 16.6. The molecule has 156 valence electrons. The Balaban J connectivity index is 1.51. The second-order valence-electron chi connectivity index (χ2n) is 7.53. The Morgan fingerprint density at radius 2 is 1.73 bits per heavy atom.